The van der Waals surface area contributed by atoms with Gasteiger partial charge in [0, 0.05) is 0 Å². The van der Waals surface area contributed by atoms with Crippen LogP contribution in [-0.4, -0.2) is 14.2 Å². The van der Waals surface area contributed by atoms with E-state index in [9.17, 15) is 0 Å². The summed E-state index contributed by atoms with van der Waals surface area (Å²) < 4.78 is 21.8. The van der Waals surface area contributed by atoms with Gasteiger partial charge in [0.05, 0.1) is 0 Å². The average molecular weight is 337 g/mol. The second kappa shape index (κ2) is 7.20. The summed E-state index contributed by atoms with van der Waals surface area (Å²) in [5.41, 5.74) is 0. The predicted octanol–water partition coefficient (Wildman–Crippen LogP) is 3.07. The van der Waals surface area contributed by atoms with E-state index in [0.29, 0.717) is 23.0 Å². The fourth-order valence-corrected chi connectivity index (χ4v) is 2.89. The fraction of sp³-hybridized carbons (Fsp3) is 0.143. The van der Waals surface area contributed by atoms with Crippen LogP contribution in [-0.2, 0) is 24.1 Å². The minimum atomic E-state index is -1.50. The Morgan fingerprint density at radius 3 is 1.37 bits per heavy atom. The van der Waals surface area contributed by atoms with Crippen molar-refractivity contribution in [1.29, 1.82) is 0 Å². The Morgan fingerprint density at radius 2 is 1.00 bits per heavy atom. The van der Waals surface area contributed by atoms with Crippen molar-refractivity contribution in [2.24, 2.45) is 0 Å². The monoisotopic (exact) mass is 336 g/mol. The normalized spacial score (nSPS) is 9.58. The molecule has 0 N–H and O–H groups in total. The number of hydrogen-bond donors (Lipinski definition) is 0. The van der Waals surface area contributed by atoms with Gasteiger partial charge >= 0.3 is 125 Å². The third-order valence-corrected chi connectivity index (χ3v) is 3.93. The fourth-order valence-electron chi connectivity index (χ4n) is 1.52. The molecule has 0 unspecified atom stereocenters. The average Bonchev–Trinajstić information content (AvgIpc) is 2.48. The maximum absolute atomic E-state index is 5.70. The molecule has 98 valence electrons. The molecule has 0 amide bonds. The van der Waals surface area contributed by atoms with Crippen LogP contribution in [0.25, 0.3) is 0 Å². The Morgan fingerprint density at radius 1 is 0.632 bits per heavy atom. The van der Waals surface area contributed by atoms with Crippen LogP contribution in [0.4, 0.5) is 0 Å². The van der Waals surface area contributed by atoms with Crippen molar-refractivity contribution in [2.45, 2.75) is 0 Å². The zero-order chi connectivity index (χ0) is 13.5. The van der Waals surface area contributed by atoms with Crippen molar-refractivity contribution >= 4 is 0 Å². The first-order chi connectivity index (χ1) is 9.35. The Kier molecular flexibility index (Phi) is 5.28. The number of hydrogen-bond acceptors (Lipinski definition) is 4. The summed E-state index contributed by atoms with van der Waals surface area (Å²) in [5.74, 6) is 2.86. The van der Waals surface area contributed by atoms with E-state index in [0.717, 1.165) is 0 Å². The van der Waals surface area contributed by atoms with E-state index < -0.39 is 24.1 Å². The van der Waals surface area contributed by atoms with Gasteiger partial charge in [-0.05, 0) is 0 Å². The molecule has 0 saturated heterocycles. The number of rotatable bonds is 6. The Hall–Kier alpha value is -1.48. The molecule has 0 saturated carbocycles. The van der Waals surface area contributed by atoms with Gasteiger partial charge in [0.25, 0.3) is 0 Å². The van der Waals surface area contributed by atoms with Crippen molar-refractivity contribution in [3.8, 4) is 23.0 Å². The molecular formula is C14H14O4Zr. The zero-order valence-electron chi connectivity index (χ0n) is 10.8. The number of para-hydroxylation sites is 4. The Labute approximate surface area is 125 Å². The molecule has 0 fully saturated rings. The summed E-state index contributed by atoms with van der Waals surface area (Å²) >= 11 is -1.50. The van der Waals surface area contributed by atoms with Crippen molar-refractivity contribution in [1.82, 2.24) is 0 Å². The van der Waals surface area contributed by atoms with Crippen LogP contribution in [0, 0.1) is 0 Å². The van der Waals surface area contributed by atoms with E-state index in [1.807, 2.05) is 48.5 Å². The van der Waals surface area contributed by atoms with Crippen LogP contribution < -0.4 is 15.1 Å². The molecule has 2 rings (SSSR count). The number of ether oxygens (including phenoxy) is 2. The second-order valence-corrected chi connectivity index (χ2v) is 5.00. The predicted molar refractivity (Wildman–Crippen MR) is 67.2 cm³/mol. The van der Waals surface area contributed by atoms with Gasteiger partial charge in [0.1, 0.15) is 0 Å². The summed E-state index contributed by atoms with van der Waals surface area (Å²) in [7, 11) is 3.24. The van der Waals surface area contributed by atoms with Crippen molar-refractivity contribution in [3.05, 3.63) is 48.5 Å². The number of methoxy groups -OCH3 is 2. The molecule has 0 aliphatic rings. The van der Waals surface area contributed by atoms with E-state index in [1.54, 1.807) is 14.2 Å². The van der Waals surface area contributed by atoms with Gasteiger partial charge in [0.2, 0.25) is 0 Å². The van der Waals surface area contributed by atoms with Gasteiger partial charge in [-0.1, -0.05) is 0 Å². The summed E-state index contributed by atoms with van der Waals surface area (Å²) in [6, 6.07) is 15.1. The van der Waals surface area contributed by atoms with Crippen molar-refractivity contribution < 1.29 is 39.2 Å². The van der Waals surface area contributed by atoms with E-state index >= 15 is 0 Å². The summed E-state index contributed by atoms with van der Waals surface area (Å²) in [6.07, 6.45) is 0. The quantitative estimate of drug-likeness (QED) is 0.812. The van der Waals surface area contributed by atoms with Gasteiger partial charge in [-0.3, -0.25) is 0 Å². The first kappa shape index (κ1) is 13.9. The standard InChI is InChI=1S/2C7H8O2.Zr/c2*1-9-7-5-3-2-4-6(7)8;/h2*2-5,8H,1H3;/q;;+2/p-2. The van der Waals surface area contributed by atoms with Gasteiger partial charge < -0.3 is 0 Å². The van der Waals surface area contributed by atoms with Gasteiger partial charge in [-0.15, -0.1) is 0 Å². The zero-order valence-corrected chi connectivity index (χ0v) is 13.2. The second-order valence-electron chi connectivity index (χ2n) is 3.59. The van der Waals surface area contributed by atoms with Crippen molar-refractivity contribution in [2.75, 3.05) is 14.2 Å². The Bertz CT molecular complexity index is 483. The van der Waals surface area contributed by atoms with Crippen LogP contribution in [0.1, 0.15) is 0 Å². The molecule has 0 aromatic heterocycles. The van der Waals surface area contributed by atoms with Gasteiger partial charge in [-0.25, -0.2) is 0 Å². The maximum atomic E-state index is 5.70. The summed E-state index contributed by atoms with van der Waals surface area (Å²) in [6.45, 7) is 0. The van der Waals surface area contributed by atoms with E-state index in [2.05, 4.69) is 0 Å². The first-order valence-electron chi connectivity index (χ1n) is 5.70. The van der Waals surface area contributed by atoms with Crippen LogP contribution in [0.15, 0.2) is 48.5 Å². The minimum absolute atomic E-state index is 0.714. The molecule has 0 bridgehead atoms. The van der Waals surface area contributed by atoms with Crippen LogP contribution in [0.5, 0.6) is 23.0 Å². The third kappa shape index (κ3) is 3.74. The van der Waals surface area contributed by atoms with Crippen LogP contribution in [0.2, 0.25) is 0 Å². The van der Waals surface area contributed by atoms with Crippen molar-refractivity contribution in [3.63, 3.8) is 0 Å². The molecule has 0 radical (unpaired) electrons. The SMILES string of the molecule is COc1ccccc1[O][Zr][O]c1ccccc1OC. The molecule has 0 aliphatic heterocycles. The molecule has 0 aliphatic carbocycles. The molecule has 0 heterocycles. The van der Waals surface area contributed by atoms with E-state index in [-0.39, 0.29) is 0 Å². The van der Waals surface area contributed by atoms with Crippen LogP contribution >= 0.6 is 0 Å². The van der Waals surface area contributed by atoms with Crippen LogP contribution in [0.3, 0.4) is 0 Å². The van der Waals surface area contributed by atoms with E-state index in [1.165, 1.54) is 0 Å². The molecular weight excluding hydrogens is 323 g/mol. The third-order valence-electron chi connectivity index (χ3n) is 2.44. The van der Waals surface area contributed by atoms with Gasteiger partial charge in [-0.2, -0.15) is 0 Å². The molecule has 19 heavy (non-hydrogen) atoms. The van der Waals surface area contributed by atoms with Gasteiger partial charge in [0.15, 0.2) is 0 Å². The molecule has 0 atom stereocenters. The molecule has 0 spiro atoms. The molecule has 2 aromatic rings. The Balaban J connectivity index is 1.96. The first-order valence-corrected chi connectivity index (χ1v) is 7.70. The summed E-state index contributed by atoms with van der Waals surface area (Å²) in [5, 5.41) is 0. The number of benzene rings is 2. The topological polar surface area (TPSA) is 36.9 Å². The molecule has 2 aromatic carbocycles. The molecule has 5 heteroatoms. The summed E-state index contributed by atoms with van der Waals surface area (Å²) in [4.78, 5) is 0. The van der Waals surface area contributed by atoms with E-state index in [4.69, 9.17) is 15.1 Å². The molecule has 4 nitrogen and oxygen atoms in total.